The van der Waals surface area contributed by atoms with Crippen LogP contribution in [0, 0.1) is 0 Å². The lowest BCUT2D eigenvalue weighted by Gasteiger charge is -2.13. The van der Waals surface area contributed by atoms with E-state index < -0.39 is 10.2 Å². The number of hydrogen-bond donors (Lipinski definition) is 1. The molecule has 1 aliphatic rings. The summed E-state index contributed by atoms with van der Waals surface area (Å²) in [5.74, 6) is 0. The second-order valence-electron chi connectivity index (χ2n) is 2.57. The third-order valence-electron chi connectivity index (χ3n) is 1.65. The molecule has 1 N–H and O–H groups in total. The molecule has 0 amide bonds. The molecule has 2 heterocycles. The van der Waals surface area contributed by atoms with E-state index in [4.69, 9.17) is 11.6 Å². The van der Waals surface area contributed by atoms with Gasteiger partial charge in [-0.15, -0.1) is 0 Å². The monoisotopic (exact) mass is 231 g/mol. The largest absolute Gasteiger partial charge is 0.327 e. The molecule has 7 heteroatoms. The van der Waals surface area contributed by atoms with Crippen molar-refractivity contribution in [2.45, 2.75) is 0 Å². The average molecular weight is 232 g/mol. The van der Waals surface area contributed by atoms with Gasteiger partial charge < -0.3 is 0 Å². The van der Waals surface area contributed by atoms with Gasteiger partial charge in [0, 0.05) is 24.7 Å². The maximum absolute atomic E-state index is 11.4. The minimum atomic E-state index is -3.47. The molecular weight excluding hydrogens is 226 g/mol. The standard InChI is InChI=1S/C7H6ClN3O2S/c8-7-5-6(1-2-9-7)11-4-3-10-14(11,12)13/h1-5,10H. The van der Waals surface area contributed by atoms with Gasteiger partial charge in [0.15, 0.2) is 0 Å². The summed E-state index contributed by atoms with van der Waals surface area (Å²) in [5, 5.41) is 0.248. The Morgan fingerprint density at radius 2 is 2.29 bits per heavy atom. The molecule has 0 spiro atoms. The zero-order chi connectivity index (χ0) is 10.2. The van der Waals surface area contributed by atoms with Crippen LogP contribution in [0.3, 0.4) is 0 Å². The highest BCUT2D eigenvalue weighted by atomic mass is 35.5. The fourth-order valence-corrected chi connectivity index (χ4v) is 2.20. The topological polar surface area (TPSA) is 62.3 Å². The molecular formula is C7H6ClN3O2S. The summed E-state index contributed by atoms with van der Waals surface area (Å²) < 4.78 is 26.0. The van der Waals surface area contributed by atoms with E-state index in [0.29, 0.717) is 5.69 Å². The first-order chi connectivity index (χ1) is 6.59. The smallest absolute Gasteiger partial charge is 0.272 e. The third-order valence-corrected chi connectivity index (χ3v) is 3.14. The van der Waals surface area contributed by atoms with Crippen LogP contribution in [0.1, 0.15) is 0 Å². The van der Waals surface area contributed by atoms with Crippen molar-refractivity contribution in [1.82, 2.24) is 9.71 Å². The molecule has 1 aromatic heterocycles. The fourth-order valence-electron chi connectivity index (χ4n) is 1.08. The van der Waals surface area contributed by atoms with Crippen LogP contribution >= 0.6 is 11.6 Å². The molecule has 0 aliphatic carbocycles. The van der Waals surface area contributed by atoms with Gasteiger partial charge in [-0.1, -0.05) is 11.6 Å². The van der Waals surface area contributed by atoms with E-state index >= 15 is 0 Å². The van der Waals surface area contributed by atoms with E-state index in [1.807, 2.05) is 0 Å². The van der Waals surface area contributed by atoms with Crippen molar-refractivity contribution in [2.75, 3.05) is 4.31 Å². The summed E-state index contributed by atoms with van der Waals surface area (Å²) in [6, 6.07) is 3.03. The molecule has 0 saturated carbocycles. The van der Waals surface area contributed by atoms with Gasteiger partial charge in [-0.3, -0.25) is 4.72 Å². The van der Waals surface area contributed by atoms with Crippen molar-refractivity contribution in [3.63, 3.8) is 0 Å². The highest BCUT2D eigenvalue weighted by Crippen LogP contribution is 2.22. The van der Waals surface area contributed by atoms with Gasteiger partial charge in [-0.25, -0.2) is 9.29 Å². The van der Waals surface area contributed by atoms with Crippen molar-refractivity contribution in [3.8, 4) is 0 Å². The lowest BCUT2D eigenvalue weighted by molar-refractivity contribution is 0.593. The number of hydrogen-bond acceptors (Lipinski definition) is 3. The van der Waals surface area contributed by atoms with Crippen LogP contribution < -0.4 is 9.03 Å². The number of rotatable bonds is 1. The zero-order valence-electron chi connectivity index (χ0n) is 6.88. The Morgan fingerprint density at radius 1 is 1.50 bits per heavy atom. The van der Waals surface area contributed by atoms with Crippen molar-refractivity contribution >= 4 is 27.5 Å². The van der Waals surface area contributed by atoms with Crippen LogP contribution in [0.5, 0.6) is 0 Å². The first-order valence-corrected chi connectivity index (χ1v) is 5.51. The van der Waals surface area contributed by atoms with E-state index in [9.17, 15) is 8.42 Å². The van der Waals surface area contributed by atoms with Gasteiger partial charge >= 0.3 is 10.2 Å². The molecule has 14 heavy (non-hydrogen) atoms. The predicted octanol–water partition coefficient (Wildman–Crippen LogP) is 0.861. The summed E-state index contributed by atoms with van der Waals surface area (Å²) in [4.78, 5) is 3.76. The van der Waals surface area contributed by atoms with E-state index in [-0.39, 0.29) is 5.15 Å². The third kappa shape index (κ3) is 1.53. The number of anilines is 1. The van der Waals surface area contributed by atoms with E-state index in [1.54, 1.807) is 6.07 Å². The summed E-state index contributed by atoms with van der Waals surface area (Å²) in [6.45, 7) is 0. The number of nitrogens with zero attached hydrogens (tertiary/aromatic N) is 2. The minimum Gasteiger partial charge on any atom is -0.272 e. The van der Waals surface area contributed by atoms with Gasteiger partial charge in [0.05, 0.1) is 5.69 Å². The molecule has 5 nitrogen and oxygen atoms in total. The molecule has 0 unspecified atom stereocenters. The van der Waals surface area contributed by atoms with Crippen molar-refractivity contribution in [2.24, 2.45) is 0 Å². The number of aromatic nitrogens is 1. The highest BCUT2D eigenvalue weighted by Gasteiger charge is 2.23. The van der Waals surface area contributed by atoms with Crippen LogP contribution in [-0.2, 0) is 10.2 Å². The molecule has 0 fully saturated rings. The average Bonchev–Trinajstić information content (AvgIpc) is 2.45. The van der Waals surface area contributed by atoms with Gasteiger partial charge in [-0.05, 0) is 6.07 Å². The Kier molecular flexibility index (Phi) is 2.09. The SMILES string of the molecule is O=S1(=O)NC=CN1c1ccnc(Cl)c1. The minimum absolute atomic E-state index is 0.248. The Labute approximate surface area is 86.2 Å². The van der Waals surface area contributed by atoms with Crippen molar-refractivity contribution in [3.05, 3.63) is 35.9 Å². The molecule has 0 aromatic carbocycles. The molecule has 1 aromatic rings. The Hall–Kier alpha value is -1.27. The Balaban J connectivity index is 2.46. The molecule has 0 saturated heterocycles. The first-order valence-electron chi connectivity index (χ1n) is 3.69. The predicted molar refractivity (Wildman–Crippen MR) is 52.9 cm³/mol. The first kappa shape index (κ1) is 9.29. The summed E-state index contributed by atoms with van der Waals surface area (Å²) >= 11 is 5.64. The maximum Gasteiger partial charge on any atom is 0.327 e. The van der Waals surface area contributed by atoms with Crippen LogP contribution in [0.15, 0.2) is 30.7 Å². The normalized spacial score (nSPS) is 18.2. The van der Waals surface area contributed by atoms with Crippen LogP contribution in [0.4, 0.5) is 5.69 Å². The molecule has 74 valence electrons. The molecule has 0 radical (unpaired) electrons. The van der Waals surface area contributed by atoms with Crippen molar-refractivity contribution < 1.29 is 8.42 Å². The number of pyridine rings is 1. The second-order valence-corrected chi connectivity index (χ2v) is 4.54. The second kappa shape index (κ2) is 3.14. The lowest BCUT2D eigenvalue weighted by Crippen LogP contribution is -2.28. The van der Waals surface area contributed by atoms with Gasteiger partial charge in [0.2, 0.25) is 0 Å². The quantitative estimate of drug-likeness (QED) is 0.730. The molecule has 2 rings (SSSR count). The van der Waals surface area contributed by atoms with E-state index in [0.717, 1.165) is 4.31 Å². The molecule has 0 atom stereocenters. The lowest BCUT2D eigenvalue weighted by atomic mass is 10.4. The molecule has 0 bridgehead atoms. The fraction of sp³-hybridized carbons (Fsp3) is 0. The summed E-state index contributed by atoms with van der Waals surface area (Å²) in [5.41, 5.74) is 0.450. The summed E-state index contributed by atoms with van der Waals surface area (Å²) in [7, 11) is -3.47. The Bertz CT molecular complexity index is 485. The number of nitrogens with one attached hydrogen (secondary N) is 1. The van der Waals surface area contributed by atoms with Gasteiger partial charge in [0.1, 0.15) is 5.15 Å². The number of halogens is 1. The van der Waals surface area contributed by atoms with Gasteiger partial charge in [-0.2, -0.15) is 8.42 Å². The van der Waals surface area contributed by atoms with Crippen molar-refractivity contribution in [1.29, 1.82) is 0 Å². The van der Waals surface area contributed by atoms with E-state index in [2.05, 4.69) is 9.71 Å². The van der Waals surface area contributed by atoms with Crippen LogP contribution in [0.2, 0.25) is 5.15 Å². The van der Waals surface area contributed by atoms with Crippen LogP contribution in [0.25, 0.3) is 0 Å². The molecule has 1 aliphatic heterocycles. The highest BCUT2D eigenvalue weighted by molar-refractivity contribution is 7.91. The maximum atomic E-state index is 11.4. The van der Waals surface area contributed by atoms with Crippen LogP contribution in [-0.4, -0.2) is 13.4 Å². The van der Waals surface area contributed by atoms with E-state index in [1.165, 1.54) is 24.7 Å². The Morgan fingerprint density at radius 3 is 2.86 bits per heavy atom. The zero-order valence-corrected chi connectivity index (χ0v) is 8.46. The van der Waals surface area contributed by atoms with Gasteiger partial charge in [0.25, 0.3) is 0 Å². The summed E-state index contributed by atoms with van der Waals surface area (Å²) in [6.07, 6.45) is 4.18.